The molecule has 0 spiro atoms. The molecule has 0 atom stereocenters. The van der Waals surface area contributed by atoms with Crippen molar-refractivity contribution in [2.75, 3.05) is 7.11 Å². The van der Waals surface area contributed by atoms with Crippen molar-refractivity contribution in [2.24, 2.45) is 16.6 Å². The van der Waals surface area contributed by atoms with Gasteiger partial charge in [-0.3, -0.25) is 0 Å². The first-order valence-corrected chi connectivity index (χ1v) is 6.72. The number of aromatic nitrogens is 1. The molecule has 1 heterocycles. The highest BCUT2D eigenvalue weighted by atomic mass is 16.5. The quantitative estimate of drug-likeness (QED) is 0.683. The van der Waals surface area contributed by atoms with Gasteiger partial charge >= 0.3 is 0 Å². The van der Waals surface area contributed by atoms with Gasteiger partial charge in [-0.2, -0.15) is 0 Å². The number of hydrogen-bond donors (Lipinski definition) is 1. The lowest BCUT2D eigenvalue weighted by molar-refractivity contribution is 0.414. The van der Waals surface area contributed by atoms with Crippen molar-refractivity contribution in [1.29, 1.82) is 0 Å². The van der Waals surface area contributed by atoms with E-state index in [9.17, 15) is 0 Å². The predicted octanol–water partition coefficient (Wildman–Crippen LogP) is 3.16. The van der Waals surface area contributed by atoms with Crippen LogP contribution in [0.25, 0.3) is 11.3 Å². The zero-order valence-electron chi connectivity index (χ0n) is 11.4. The number of ether oxygens (including phenoxy) is 1. The van der Waals surface area contributed by atoms with Crippen molar-refractivity contribution < 1.29 is 4.74 Å². The fourth-order valence-corrected chi connectivity index (χ4v) is 2.04. The minimum atomic E-state index is 0.418. The van der Waals surface area contributed by atoms with Crippen molar-refractivity contribution >= 4 is 11.7 Å². The first-order valence-electron chi connectivity index (χ1n) is 6.72. The van der Waals surface area contributed by atoms with Crippen molar-refractivity contribution in [1.82, 2.24) is 4.98 Å². The number of benzene rings is 1. The summed E-state index contributed by atoms with van der Waals surface area (Å²) < 4.78 is 5.31. The van der Waals surface area contributed by atoms with Crippen LogP contribution < -0.4 is 10.5 Å². The molecule has 2 aromatic rings. The molecule has 102 valence electrons. The molecule has 20 heavy (non-hydrogen) atoms. The molecule has 1 aliphatic carbocycles. The second-order valence-corrected chi connectivity index (χ2v) is 4.90. The highest BCUT2D eigenvalue weighted by Crippen LogP contribution is 2.33. The molecule has 0 saturated heterocycles. The molecular formula is C16H17N3O. The fraction of sp³-hybridized carbons (Fsp3) is 0.250. The zero-order chi connectivity index (χ0) is 13.9. The van der Waals surface area contributed by atoms with Gasteiger partial charge in [-0.1, -0.05) is 30.3 Å². The lowest BCUT2D eigenvalue weighted by Crippen LogP contribution is -2.13. The van der Waals surface area contributed by atoms with Crippen LogP contribution in [0.3, 0.4) is 0 Å². The summed E-state index contributed by atoms with van der Waals surface area (Å²) in [5.74, 6) is 2.27. The van der Waals surface area contributed by atoms with Crippen molar-refractivity contribution in [2.45, 2.75) is 12.8 Å². The number of pyridine rings is 1. The number of nitrogens with two attached hydrogens (primary N) is 1. The van der Waals surface area contributed by atoms with Crippen molar-refractivity contribution in [3.63, 3.8) is 0 Å². The Bertz CT molecular complexity index is 633. The SMILES string of the molecule is COc1ccc(-c2ccccc2)nc1N=C(N)C1CC1. The molecule has 3 rings (SSSR count). The van der Waals surface area contributed by atoms with Crippen molar-refractivity contribution in [3.8, 4) is 17.0 Å². The minimum absolute atomic E-state index is 0.418. The summed E-state index contributed by atoms with van der Waals surface area (Å²) in [4.78, 5) is 9.01. The van der Waals surface area contributed by atoms with Gasteiger partial charge in [0.05, 0.1) is 12.8 Å². The monoisotopic (exact) mass is 267 g/mol. The summed E-state index contributed by atoms with van der Waals surface area (Å²) in [7, 11) is 1.62. The molecule has 1 aromatic carbocycles. The molecule has 0 amide bonds. The molecule has 1 fully saturated rings. The molecule has 4 heteroatoms. The Kier molecular flexibility index (Phi) is 3.37. The smallest absolute Gasteiger partial charge is 0.197 e. The molecule has 0 aliphatic heterocycles. The van der Waals surface area contributed by atoms with Gasteiger partial charge in [0, 0.05) is 11.5 Å². The van der Waals surface area contributed by atoms with Crippen LogP contribution >= 0.6 is 0 Å². The lowest BCUT2D eigenvalue weighted by Gasteiger charge is -2.07. The fourth-order valence-electron chi connectivity index (χ4n) is 2.04. The summed E-state index contributed by atoms with van der Waals surface area (Å²) in [6.07, 6.45) is 2.24. The minimum Gasteiger partial charge on any atom is -0.493 e. The number of aliphatic imine (C=N–C) groups is 1. The van der Waals surface area contributed by atoms with Crippen LogP contribution in [0.4, 0.5) is 5.82 Å². The second-order valence-electron chi connectivity index (χ2n) is 4.90. The van der Waals surface area contributed by atoms with Gasteiger partial charge in [0.15, 0.2) is 11.6 Å². The van der Waals surface area contributed by atoms with Gasteiger partial charge in [-0.05, 0) is 25.0 Å². The summed E-state index contributed by atoms with van der Waals surface area (Å²) in [6, 6.07) is 13.8. The Labute approximate surface area is 118 Å². The maximum atomic E-state index is 5.98. The molecule has 0 radical (unpaired) electrons. The Hall–Kier alpha value is -2.36. The molecule has 1 saturated carbocycles. The van der Waals surface area contributed by atoms with Crippen LogP contribution in [0.2, 0.25) is 0 Å². The van der Waals surface area contributed by atoms with Crippen LogP contribution in [0.5, 0.6) is 5.75 Å². The van der Waals surface area contributed by atoms with Crippen LogP contribution in [0, 0.1) is 5.92 Å². The highest BCUT2D eigenvalue weighted by Gasteiger charge is 2.26. The molecule has 0 unspecified atom stereocenters. The summed E-state index contributed by atoms with van der Waals surface area (Å²) in [6.45, 7) is 0. The van der Waals surface area contributed by atoms with Gasteiger partial charge < -0.3 is 10.5 Å². The maximum absolute atomic E-state index is 5.98. The molecule has 1 aromatic heterocycles. The largest absolute Gasteiger partial charge is 0.493 e. The summed E-state index contributed by atoms with van der Waals surface area (Å²) in [5, 5.41) is 0. The molecule has 1 aliphatic rings. The third kappa shape index (κ3) is 2.64. The average Bonchev–Trinajstić information content (AvgIpc) is 3.33. The first-order chi connectivity index (χ1) is 9.78. The Morgan fingerprint density at radius 3 is 2.60 bits per heavy atom. The van der Waals surface area contributed by atoms with Gasteiger partial charge in [0.1, 0.15) is 5.84 Å². The number of rotatable bonds is 4. The molecular weight excluding hydrogens is 250 g/mol. The number of amidine groups is 1. The predicted molar refractivity (Wildman–Crippen MR) is 80.2 cm³/mol. The van der Waals surface area contributed by atoms with E-state index in [-0.39, 0.29) is 0 Å². The van der Waals surface area contributed by atoms with Crippen molar-refractivity contribution in [3.05, 3.63) is 42.5 Å². The van der Waals surface area contributed by atoms with E-state index in [1.165, 1.54) is 0 Å². The maximum Gasteiger partial charge on any atom is 0.197 e. The Balaban J connectivity index is 2.00. The number of methoxy groups -OCH3 is 1. The molecule has 4 nitrogen and oxygen atoms in total. The number of hydrogen-bond acceptors (Lipinski definition) is 3. The lowest BCUT2D eigenvalue weighted by atomic mass is 10.1. The van der Waals surface area contributed by atoms with Gasteiger partial charge in [0.25, 0.3) is 0 Å². The van der Waals surface area contributed by atoms with Gasteiger partial charge in [0.2, 0.25) is 0 Å². The van der Waals surface area contributed by atoms with E-state index in [2.05, 4.69) is 9.98 Å². The summed E-state index contributed by atoms with van der Waals surface area (Å²) in [5.41, 5.74) is 7.90. The zero-order valence-corrected chi connectivity index (χ0v) is 11.4. The van der Waals surface area contributed by atoms with Crippen LogP contribution in [-0.2, 0) is 0 Å². The Morgan fingerprint density at radius 1 is 1.20 bits per heavy atom. The topological polar surface area (TPSA) is 60.5 Å². The number of nitrogens with zero attached hydrogens (tertiary/aromatic N) is 2. The van der Waals surface area contributed by atoms with Crippen LogP contribution in [0.1, 0.15) is 12.8 Å². The third-order valence-corrected chi connectivity index (χ3v) is 3.36. The highest BCUT2D eigenvalue weighted by molar-refractivity contribution is 5.87. The summed E-state index contributed by atoms with van der Waals surface area (Å²) >= 11 is 0. The second kappa shape index (κ2) is 5.33. The molecule has 2 N–H and O–H groups in total. The Morgan fingerprint density at radius 2 is 1.95 bits per heavy atom. The normalized spacial score (nSPS) is 15.2. The van der Waals surface area contributed by atoms with E-state index in [1.54, 1.807) is 7.11 Å². The van der Waals surface area contributed by atoms with Crippen LogP contribution in [0.15, 0.2) is 47.5 Å². The van der Waals surface area contributed by atoms with Crippen LogP contribution in [-0.4, -0.2) is 17.9 Å². The third-order valence-electron chi connectivity index (χ3n) is 3.36. The van der Waals surface area contributed by atoms with E-state index in [0.717, 1.165) is 24.1 Å². The van der Waals surface area contributed by atoms with E-state index >= 15 is 0 Å². The van der Waals surface area contributed by atoms with E-state index < -0.39 is 0 Å². The van der Waals surface area contributed by atoms with Gasteiger partial charge in [-0.15, -0.1) is 0 Å². The van der Waals surface area contributed by atoms with E-state index in [0.29, 0.717) is 23.3 Å². The van der Waals surface area contributed by atoms with E-state index in [1.807, 2.05) is 42.5 Å². The standard InChI is InChI=1S/C16H17N3O/c1-20-14-10-9-13(11-5-3-2-4-6-11)18-16(14)19-15(17)12-7-8-12/h2-6,9-10,12H,7-8H2,1H3,(H2,17,18,19). The van der Waals surface area contributed by atoms with E-state index in [4.69, 9.17) is 10.5 Å². The average molecular weight is 267 g/mol. The van der Waals surface area contributed by atoms with Gasteiger partial charge in [-0.25, -0.2) is 9.98 Å². The first kappa shape index (κ1) is 12.7. The molecule has 0 bridgehead atoms.